The molecule has 0 aliphatic rings. The number of rotatable bonds is 8. The highest BCUT2D eigenvalue weighted by atomic mass is 32.2. The molecule has 0 aliphatic carbocycles. The van der Waals surface area contributed by atoms with Crippen molar-refractivity contribution in [2.45, 2.75) is 51.5 Å². The Morgan fingerprint density at radius 1 is 1.17 bits per heavy atom. The van der Waals surface area contributed by atoms with Gasteiger partial charge in [-0.3, -0.25) is 0 Å². The molecule has 0 saturated heterocycles. The molecule has 0 radical (unpaired) electrons. The number of hydrogen-bond acceptors (Lipinski definition) is 2. The minimum Gasteiger partial charge on any atom is -0.313 e. The molecular formula is C16H27NS. The lowest BCUT2D eigenvalue weighted by atomic mass is 10.1. The lowest BCUT2D eigenvalue weighted by Crippen LogP contribution is -2.33. The number of thioether (sulfide) groups is 1. The molecule has 0 aliphatic heterocycles. The van der Waals surface area contributed by atoms with Crippen LogP contribution in [-0.4, -0.2) is 18.3 Å². The van der Waals surface area contributed by atoms with Crippen molar-refractivity contribution in [3.63, 3.8) is 0 Å². The lowest BCUT2D eigenvalue weighted by molar-refractivity contribution is 0.448. The Morgan fingerprint density at radius 2 is 1.83 bits per heavy atom. The van der Waals surface area contributed by atoms with E-state index in [1.54, 1.807) is 0 Å². The van der Waals surface area contributed by atoms with Gasteiger partial charge in [-0.15, -0.1) is 11.8 Å². The maximum Gasteiger partial charge on any atom is 0.0164 e. The van der Waals surface area contributed by atoms with E-state index in [0.29, 0.717) is 6.04 Å². The molecule has 0 spiro atoms. The average molecular weight is 265 g/mol. The molecule has 1 N–H and O–H groups in total. The summed E-state index contributed by atoms with van der Waals surface area (Å²) in [5.41, 5.74) is 1.34. The van der Waals surface area contributed by atoms with Crippen LogP contribution in [0.5, 0.6) is 0 Å². The lowest BCUT2D eigenvalue weighted by Gasteiger charge is -2.20. The summed E-state index contributed by atoms with van der Waals surface area (Å²) in [6.07, 6.45) is 2.47. The Balaban J connectivity index is 2.42. The van der Waals surface area contributed by atoms with E-state index in [1.165, 1.54) is 29.1 Å². The van der Waals surface area contributed by atoms with Crippen LogP contribution >= 0.6 is 11.8 Å². The molecular weight excluding hydrogens is 238 g/mol. The van der Waals surface area contributed by atoms with Crippen molar-refractivity contribution < 1.29 is 0 Å². The SMILES string of the molecule is CCCNC(CSc1ccc(C)cc1)CC(C)C. The van der Waals surface area contributed by atoms with Crippen molar-refractivity contribution in [1.29, 1.82) is 0 Å². The van der Waals surface area contributed by atoms with E-state index in [9.17, 15) is 0 Å². The van der Waals surface area contributed by atoms with E-state index >= 15 is 0 Å². The minimum absolute atomic E-state index is 0.635. The highest BCUT2D eigenvalue weighted by Crippen LogP contribution is 2.21. The van der Waals surface area contributed by atoms with Crippen LogP contribution in [0, 0.1) is 12.8 Å². The van der Waals surface area contributed by atoms with Gasteiger partial charge < -0.3 is 5.32 Å². The molecule has 2 heteroatoms. The van der Waals surface area contributed by atoms with E-state index in [1.807, 2.05) is 11.8 Å². The third-order valence-corrected chi connectivity index (χ3v) is 4.09. The second kappa shape index (κ2) is 8.60. The Labute approximate surface area is 117 Å². The van der Waals surface area contributed by atoms with Crippen molar-refractivity contribution in [1.82, 2.24) is 5.32 Å². The van der Waals surface area contributed by atoms with E-state index in [0.717, 1.165) is 12.5 Å². The largest absolute Gasteiger partial charge is 0.313 e. The van der Waals surface area contributed by atoms with Gasteiger partial charge in [0.25, 0.3) is 0 Å². The van der Waals surface area contributed by atoms with Crippen molar-refractivity contribution >= 4 is 11.8 Å². The summed E-state index contributed by atoms with van der Waals surface area (Å²) in [6.45, 7) is 10.1. The number of hydrogen-bond donors (Lipinski definition) is 1. The number of benzene rings is 1. The summed E-state index contributed by atoms with van der Waals surface area (Å²) in [6, 6.07) is 9.48. The molecule has 1 rings (SSSR count). The van der Waals surface area contributed by atoms with Gasteiger partial charge in [0.1, 0.15) is 0 Å². The van der Waals surface area contributed by atoms with Crippen molar-refractivity contribution in [3.8, 4) is 0 Å². The standard InChI is InChI=1S/C16H27NS/c1-5-10-17-15(11-13(2)3)12-18-16-8-6-14(4)7-9-16/h6-9,13,15,17H,5,10-12H2,1-4H3. The maximum atomic E-state index is 3.66. The summed E-state index contributed by atoms with van der Waals surface area (Å²) in [7, 11) is 0. The monoisotopic (exact) mass is 265 g/mol. The van der Waals surface area contributed by atoms with Crippen LogP contribution in [0.2, 0.25) is 0 Å². The molecule has 0 aromatic heterocycles. The van der Waals surface area contributed by atoms with Gasteiger partial charge in [0.05, 0.1) is 0 Å². The summed E-state index contributed by atoms with van der Waals surface area (Å²) in [5.74, 6) is 1.93. The third-order valence-electron chi connectivity index (χ3n) is 2.91. The minimum atomic E-state index is 0.635. The zero-order chi connectivity index (χ0) is 13.4. The van der Waals surface area contributed by atoms with Gasteiger partial charge in [0.2, 0.25) is 0 Å². The van der Waals surface area contributed by atoms with Crippen molar-refractivity contribution in [2.75, 3.05) is 12.3 Å². The molecule has 1 nitrogen and oxygen atoms in total. The highest BCUT2D eigenvalue weighted by Gasteiger charge is 2.10. The average Bonchev–Trinajstić information content (AvgIpc) is 2.34. The zero-order valence-corrected chi connectivity index (χ0v) is 13.0. The summed E-state index contributed by atoms with van der Waals surface area (Å²) < 4.78 is 0. The van der Waals surface area contributed by atoms with E-state index < -0.39 is 0 Å². The first kappa shape index (κ1) is 15.6. The van der Waals surface area contributed by atoms with E-state index in [-0.39, 0.29) is 0 Å². The van der Waals surface area contributed by atoms with Gasteiger partial charge >= 0.3 is 0 Å². The maximum absolute atomic E-state index is 3.66. The molecule has 1 aromatic rings. The van der Waals surface area contributed by atoms with Crippen LogP contribution in [0.3, 0.4) is 0 Å². The van der Waals surface area contributed by atoms with E-state index in [4.69, 9.17) is 0 Å². The predicted octanol–water partition coefficient (Wildman–Crippen LogP) is 4.50. The van der Waals surface area contributed by atoms with Crippen LogP contribution in [-0.2, 0) is 0 Å². The molecule has 0 saturated carbocycles. The van der Waals surface area contributed by atoms with Crippen molar-refractivity contribution in [3.05, 3.63) is 29.8 Å². The Morgan fingerprint density at radius 3 is 2.39 bits per heavy atom. The molecule has 1 aromatic carbocycles. The fourth-order valence-corrected chi connectivity index (χ4v) is 2.94. The first-order chi connectivity index (χ1) is 8.61. The normalized spacial score (nSPS) is 12.9. The molecule has 0 heterocycles. The van der Waals surface area contributed by atoms with Crippen LogP contribution in [0.1, 0.15) is 39.2 Å². The Hall–Kier alpha value is -0.470. The number of nitrogens with one attached hydrogen (secondary N) is 1. The van der Waals surface area contributed by atoms with Crippen LogP contribution in [0.25, 0.3) is 0 Å². The first-order valence-corrected chi connectivity index (χ1v) is 8.03. The van der Waals surface area contributed by atoms with E-state index in [2.05, 4.69) is 57.3 Å². The van der Waals surface area contributed by atoms with Gasteiger partial charge in [-0.2, -0.15) is 0 Å². The third kappa shape index (κ3) is 6.46. The van der Waals surface area contributed by atoms with Gasteiger partial charge in [-0.25, -0.2) is 0 Å². The summed E-state index contributed by atoms with van der Waals surface area (Å²) in [5, 5.41) is 3.66. The number of aryl methyl sites for hydroxylation is 1. The van der Waals surface area contributed by atoms with Gasteiger partial charge in [-0.1, -0.05) is 38.5 Å². The van der Waals surface area contributed by atoms with Gasteiger partial charge in [0, 0.05) is 16.7 Å². The second-order valence-corrected chi connectivity index (χ2v) is 6.50. The molecule has 102 valence electrons. The van der Waals surface area contributed by atoms with Crippen LogP contribution in [0.4, 0.5) is 0 Å². The molecule has 0 fully saturated rings. The molecule has 1 unspecified atom stereocenters. The van der Waals surface area contributed by atoms with Gasteiger partial charge in [-0.05, 0) is 44.4 Å². The fraction of sp³-hybridized carbons (Fsp3) is 0.625. The Kier molecular flexibility index (Phi) is 7.45. The van der Waals surface area contributed by atoms with Crippen LogP contribution < -0.4 is 5.32 Å². The molecule has 1 atom stereocenters. The summed E-state index contributed by atoms with van der Waals surface area (Å²) >= 11 is 1.97. The summed E-state index contributed by atoms with van der Waals surface area (Å²) in [4.78, 5) is 1.38. The topological polar surface area (TPSA) is 12.0 Å². The first-order valence-electron chi connectivity index (χ1n) is 7.04. The Bertz CT molecular complexity index is 318. The second-order valence-electron chi connectivity index (χ2n) is 5.40. The molecule has 18 heavy (non-hydrogen) atoms. The highest BCUT2D eigenvalue weighted by molar-refractivity contribution is 7.99. The van der Waals surface area contributed by atoms with Gasteiger partial charge in [0.15, 0.2) is 0 Å². The molecule has 0 bridgehead atoms. The predicted molar refractivity (Wildman–Crippen MR) is 83.4 cm³/mol. The van der Waals surface area contributed by atoms with Crippen LogP contribution in [0.15, 0.2) is 29.2 Å². The quantitative estimate of drug-likeness (QED) is 0.694. The van der Waals surface area contributed by atoms with Crippen molar-refractivity contribution in [2.24, 2.45) is 5.92 Å². The smallest absolute Gasteiger partial charge is 0.0164 e. The zero-order valence-electron chi connectivity index (χ0n) is 12.2. The fourth-order valence-electron chi connectivity index (χ4n) is 1.96. The molecule has 0 amide bonds.